The number of carbonyl (C=O) groups excluding carboxylic acids is 1. The van der Waals surface area contributed by atoms with Gasteiger partial charge in [0, 0.05) is 5.69 Å². The third kappa shape index (κ3) is 3.10. The minimum atomic E-state index is -0.592. The van der Waals surface area contributed by atoms with Crippen LogP contribution < -0.4 is 11.1 Å². The van der Waals surface area contributed by atoms with Crippen molar-refractivity contribution in [2.75, 3.05) is 5.32 Å². The van der Waals surface area contributed by atoms with Crippen LogP contribution in [0, 0.1) is 6.92 Å². The highest BCUT2D eigenvalue weighted by Gasteiger charge is 2.12. The summed E-state index contributed by atoms with van der Waals surface area (Å²) in [5, 5.41) is 11.9. The lowest BCUT2D eigenvalue weighted by Crippen LogP contribution is -2.35. The van der Waals surface area contributed by atoms with E-state index in [2.05, 4.69) is 11.9 Å². The Morgan fingerprint density at radius 2 is 2.38 bits per heavy atom. The Balaban J connectivity index is 2.73. The van der Waals surface area contributed by atoms with E-state index < -0.39 is 6.04 Å². The van der Waals surface area contributed by atoms with E-state index in [9.17, 15) is 9.90 Å². The number of phenolic OH excluding ortho intramolecular Hbond substituents is 1. The SMILES string of the molecule is C=CCC(N)C(=O)Nc1ccc(O)cc1C. The van der Waals surface area contributed by atoms with Gasteiger partial charge >= 0.3 is 0 Å². The van der Waals surface area contributed by atoms with Gasteiger partial charge in [0.25, 0.3) is 0 Å². The van der Waals surface area contributed by atoms with Crippen LogP contribution in [0.3, 0.4) is 0 Å². The van der Waals surface area contributed by atoms with Crippen LogP contribution in [0.1, 0.15) is 12.0 Å². The van der Waals surface area contributed by atoms with E-state index in [1.807, 2.05) is 0 Å². The van der Waals surface area contributed by atoms with Crippen LogP contribution in [0.25, 0.3) is 0 Å². The Kier molecular flexibility index (Phi) is 4.08. The van der Waals surface area contributed by atoms with Crippen LogP contribution >= 0.6 is 0 Å². The van der Waals surface area contributed by atoms with Gasteiger partial charge in [0.05, 0.1) is 6.04 Å². The van der Waals surface area contributed by atoms with Crippen molar-refractivity contribution in [1.29, 1.82) is 0 Å². The summed E-state index contributed by atoms with van der Waals surface area (Å²) in [4.78, 5) is 11.6. The zero-order valence-corrected chi connectivity index (χ0v) is 9.23. The third-order valence-corrected chi connectivity index (χ3v) is 2.23. The summed E-state index contributed by atoms with van der Waals surface area (Å²) >= 11 is 0. The number of aromatic hydroxyl groups is 1. The molecular weight excluding hydrogens is 204 g/mol. The maximum atomic E-state index is 11.6. The molecule has 0 radical (unpaired) electrons. The van der Waals surface area contributed by atoms with E-state index in [1.165, 1.54) is 6.07 Å². The van der Waals surface area contributed by atoms with Gasteiger partial charge in [-0.15, -0.1) is 6.58 Å². The molecule has 1 amide bonds. The van der Waals surface area contributed by atoms with Gasteiger partial charge in [-0.3, -0.25) is 4.79 Å². The second kappa shape index (κ2) is 5.32. The largest absolute Gasteiger partial charge is 0.508 e. The van der Waals surface area contributed by atoms with Gasteiger partial charge < -0.3 is 16.2 Å². The first-order chi connectivity index (χ1) is 7.54. The lowest BCUT2D eigenvalue weighted by atomic mass is 10.1. The van der Waals surface area contributed by atoms with Crippen molar-refractivity contribution in [2.24, 2.45) is 5.73 Å². The van der Waals surface area contributed by atoms with E-state index in [4.69, 9.17) is 5.73 Å². The molecule has 86 valence electrons. The number of phenols is 1. The van der Waals surface area contributed by atoms with Gasteiger partial charge in [-0.05, 0) is 37.1 Å². The normalized spacial score (nSPS) is 11.9. The summed E-state index contributed by atoms with van der Waals surface area (Å²) in [5.74, 6) is -0.0837. The van der Waals surface area contributed by atoms with Crippen LogP contribution in [-0.4, -0.2) is 17.1 Å². The topological polar surface area (TPSA) is 75.4 Å². The number of benzene rings is 1. The Bertz CT molecular complexity index is 402. The fraction of sp³-hybridized carbons (Fsp3) is 0.250. The molecule has 1 aromatic rings. The van der Waals surface area contributed by atoms with Crippen molar-refractivity contribution < 1.29 is 9.90 Å². The Labute approximate surface area is 94.8 Å². The molecule has 1 unspecified atom stereocenters. The molecule has 16 heavy (non-hydrogen) atoms. The summed E-state index contributed by atoms with van der Waals surface area (Å²) in [6, 6.07) is 4.14. The second-order valence-corrected chi connectivity index (χ2v) is 3.62. The molecule has 0 aromatic heterocycles. The molecule has 0 aliphatic rings. The zero-order chi connectivity index (χ0) is 12.1. The van der Waals surface area contributed by atoms with Crippen LogP contribution in [0.4, 0.5) is 5.69 Å². The van der Waals surface area contributed by atoms with Gasteiger partial charge in [-0.25, -0.2) is 0 Å². The maximum absolute atomic E-state index is 11.6. The predicted molar refractivity (Wildman–Crippen MR) is 64.3 cm³/mol. The predicted octanol–water partition coefficient (Wildman–Crippen LogP) is 1.54. The average molecular weight is 220 g/mol. The van der Waals surface area contributed by atoms with E-state index in [0.717, 1.165) is 5.56 Å². The molecular formula is C12H16N2O2. The molecule has 4 heteroatoms. The summed E-state index contributed by atoms with van der Waals surface area (Å²) in [6.45, 7) is 5.33. The first-order valence-electron chi connectivity index (χ1n) is 5.01. The monoisotopic (exact) mass is 220 g/mol. The number of carbonyl (C=O) groups is 1. The highest BCUT2D eigenvalue weighted by molar-refractivity contribution is 5.95. The van der Waals surface area contributed by atoms with Gasteiger partial charge in [-0.1, -0.05) is 6.08 Å². The molecule has 1 atom stereocenters. The molecule has 0 spiro atoms. The lowest BCUT2D eigenvalue weighted by molar-refractivity contribution is -0.117. The average Bonchev–Trinajstić information content (AvgIpc) is 2.22. The molecule has 1 aromatic carbocycles. The van der Waals surface area contributed by atoms with E-state index in [0.29, 0.717) is 12.1 Å². The van der Waals surface area contributed by atoms with Crippen molar-refractivity contribution in [2.45, 2.75) is 19.4 Å². The maximum Gasteiger partial charge on any atom is 0.241 e. The Morgan fingerprint density at radius 1 is 1.69 bits per heavy atom. The minimum absolute atomic E-state index is 0.172. The Hall–Kier alpha value is -1.81. The third-order valence-electron chi connectivity index (χ3n) is 2.23. The first kappa shape index (κ1) is 12.3. The smallest absolute Gasteiger partial charge is 0.241 e. The number of nitrogens with one attached hydrogen (secondary N) is 1. The summed E-state index contributed by atoms with van der Waals surface area (Å²) in [7, 11) is 0. The van der Waals surface area contributed by atoms with Crippen molar-refractivity contribution in [3.8, 4) is 5.75 Å². The zero-order valence-electron chi connectivity index (χ0n) is 9.23. The quantitative estimate of drug-likeness (QED) is 0.532. The number of rotatable bonds is 4. The standard InChI is InChI=1S/C12H16N2O2/c1-3-4-10(13)12(16)14-11-6-5-9(15)7-8(11)2/h3,5-7,10,15H,1,4,13H2,2H3,(H,14,16). The number of hydrogen-bond acceptors (Lipinski definition) is 3. The lowest BCUT2D eigenvalue weighted by Gasteiger charge is -2.12. The summed E-state index contributed by atoms with van der Waals surface area (Å²) < 4.78 is 0. The van der Waals surface area contributed by atoms with E-state index in [1.54, 1.807) is 25.1 Å². The van der Waals surface area contributed by atoms with Gasteiger partial charge in [0.15, 0.2) is 0 Å². The molecule has 0 heterocycles. The number of nitrogens with two attached hydrogens (primary N) is 1. The fourth-order valence-electron chi connectivity index (χ4n) is 1.30. The number of amides is 1. The molecule has 0 aliphatic heterocycles. The molecule has 0 bridgehead atoms. The summed E-state index contributed by atoms with van der Waals surface area (Å²) in [5.41, 5.74) is 7.07. The van der Waals surface area contributed by atoms with Crippen molar-refractivity contribution >= 4 is 11.6 Å². The highest BCUT2D eigenvalue weighted by Crippen LogP contribution is 2.20. The van der Waals surface area contributed by atoms with Gasteiger partial charge in [0.2, 0.25) is 5.91 Å². The van der Waals surface area contributed by atoms with Gasteiger partial charge in [-0.2, -0.15) is 0 Å². The molecule has 4 N–H and O–H groups in total. The molecule has 0 aliphatic carbocycles. The second-order valence-electron chi connectivity index (χ2n) is 3.62. The van der Waals surface area contributed by atoms with Crippen LogP contribution in [0.2, 0.25) is 0 Å². The van der Waals surface area contributed by atoms with Crippen LogP contribution in [0.15, 0.2) is 30.9 Å². The van der Waals surface area contributed by atoms with Crippen LogP contribution in [0.5, 0.6) is 5.75 Å². The molecule has 0 fully saturated rings. The molecule has 0 saturated carbocycles. The van der Waals surface area contributed by atoms with Crippen LogP contribution in [-0.2, 0) is 4.79 Å². The van der Waals surface area contributed by atoms with E-state index >= 15 is 0 Å². The number of aryl methyl sites for hydroxylation is 1. The van der Waals surface area contributed by atoms with Gasteiger partial charge in [0.1, 0.15) is 5.75 Å². The number of anilines is 1. The summed E-state index contributed by atoms with van der Waals surface area (Å²) in [6.07, 6.45) is 2.04. The van der Waals surface area contributed by atoms with Crippen molar-refractivity contribution in [1.82, 2.24) is 0 Å². The first-order valence-corrected chi connectivity index (χ1v) is 5.01. The van der Waals surface area contributed by atoms with Crippen molar-refractivity contribution in [3.63, 3.8) is 0 Å². The fourth-order valence-corrected chi connectivity index (χ4v) is 1.30. The molecule has 1 rings (SSSR count). The van der Waals surface area contributed by atoms with Crippen molar-refractivity contribution in [3.05, 3.63) is 36.4 Å². The minimum Gasteiger partial charge on any atom is -0.508 e. The molecule has 0 saturated heterocycles. The molecule has 4 nitrogen and oxygen atoms in total. The highest BCUT2D eigenvalue weighted by atomic mass is 16.3. The van der Waals surface area contributed by atoms with E-state index in [-0.39, 0.29) is 11.7 Å². The Morgan fingerprint density at radius 3 is 2.94 bits per heavy atom. The number of hydrogen-bond donors (Lipinski definition) is 3.